The minimum atomic E-state index is -1.11. The molecule has 1 fully saturated rings. The number of benzene rings is 1. The van der Waals surface area contributed by atoms with E-state index in [1.165, 1.54) is 18.2 Å². The third kappa shape index (κ3) is 5.43. The molecule has 33 heavy (non-hydrogen) atoms. The van der Waals surface area contributed by atoms with Gasteiger partial charge in [0.1, 0.15) is 30.2 Å². The summed E-state index contributed by atoms with van der Waals surface area (Å²) in [5.41, 5.74) is 7.99. The summed E-state index contributed by atoms with van der Waals surface area (Å²) in [5, 5.41) is 22.0. The molecule has 1 aliphatic rings. The van der Waals surface area contributed by atoms with Gasteiger partial charge in [0.05, 0.1) is 6.33 Å². The number of hydrogen-bond donors (Lipinski definition) is 3. The fourth-order valence-corrected chi connectivity index (χ4v) is 4.11. The van der Waals surface area contributed by atoms with Crippen molar-refractivity contribution in [3.63, 3.8) is 0 Å². The molecule has 0 bridgehead atoms. The number of nitrogens with two attached hydrogens (primary N) is 1. The van der Waals surface area contributed by atoms with Crippen molar-refractivity contribution < 1.29 is 14.9 Å². The number of fused-ring (bicyclic) bond motifs is 1. The normalized spacial score (nSPS) is 23.2. The number of nitrogens with zero attached hydrogens (tertiary/aromatic N) is 6. The van der Waals surface area contributed by atoms with Gasteiger partial charge in [0.2, 0.25) is 0 Å². The lowest BCUT2D eigenvalue weighted by atomic mass is 10.1. The number of aromatic nitrogens is 4. The lowest BCUT2D eigenvalue weighted by molar-refractivity contribution is -0.0424. The van der Waals surface area contributed by atoms with Crippen molar-refractivity contribution in [2.24, 2.45) is 0 Å². The molecule has 10 nitrogen and oxygen atoms in total. The van der Waals surface area contributed by atoms with Gasteiger partial charge in [0.15, 0.2) is 17.7 Å². The maximum Gasteiger partial charge on any atom is 0.167 e. The zero-order valence-corrected chi connectivity index (χ0v) is 19.5. The predicted octanol–water partition coefficient (Wildman–Crippen LogP) is 0.787. The van der Waals surface area contributed by atoms with Crippen molar-refractivity contribution >= 4 is 28.6 Å². The zero-order valence-electron chi connectivity index (χ0n) is 18.8. The second kappa shape index (κ2) is 10.3. The Hall–Kier alpha value is -2.34. The van der Waals surface area contributed by atoms with Gasteiger partial charge in [-0.3, -0.25) is 4.57 Å². The first-order valence-corrected chi connectivity index (χ1v) is 11.3. The van der Waals surface area contributed by atoms with E-state index < -0.39 is 24.5 Å². The number of halogens is 1. The first-order valence-electron chi connectivity index (χ1n) is 10.9. The molecule has 1 aromatic carbocycles. The fraction of sp³-hybridized carbons (Fsp3) is 0.500. The number of rotatable bonds is 9. The summed E-state index contributed by atoms with van der Waals surface area (Å²) in [6.07, 6.45) is 0.282. The molecule has 0 aliphatic carbocycles. The van der Waals surface area contributed by atoms with Crippen LogP contribution in [0.4, 0.5) is 5.82 Å². The third-order valence-corrected chi connectivity index (χ3v) is 6.30. The Morgan fingerprint density at radius 1 is 1.03 bits per heavy atom. The number of aliphatic hydroxyl groups is 2. The summed E-state index contributed by atoms with van der Waals surface area (Å²) in [6.45, 7) is 3.06. The summed E-state index contributed by atoms with van der Waals surface area (Å²) < 4.78 is 7.62. The van der Waals surface area contributed by atoms with Crippen molar-refractivity contribution in [2.75, 3.05) is 46.0 Å². The maximum absolute atomic E-state index is 10.6. The Morgan fingerprint density at radius 2 is 1.76 bits per heavy atom. The van der Waals surface area contributed by atoms with Crippen molar-refractivity contribution in [1.82, 2.24) is 29.3 Å². The minimum Gasteiger partial charge on any atom is -0.387 e. The molecule has 11 heteroatoms. The van der Waals surface area contributed by atoms with Crippen molar-refractivity contribution in [3.8, 4) is 0 Å². The minimum absolute atomic E-state index is 0.253. The lowest BCUT2D eigenvalue weighted by Gasteiger charge is -2.25. The average molecular weight is 476 g/mol. The number of anilines is 1. The molecule has 4 atom stereocenters. The van der Waals surface area contributed by atoms with Crippen LogP contribution in [0.15, 0.2) is 36.9 Å². The van der Waals surface area contributed by atoms with Gasteiger partial charge in [-0.2, -0.15) is 0 Å². The molecule has 3 aromatic rings. The van der Waals surface area contributed by atoms with Crippen LogP contribution in [0.25, 0.3) is 11.2 Å². The van der Waals surface area contributed by atoms with E-state index in [2.05, 4.69) is 31.8 Å². The summed E-state index contributed by atoms with van der Waals surface area (Å²) >= 11 is 5.94. The van der Waals surface area contributed by atoms with E-state index in [1.54, 1.807) is 4.57 Å². The summed E-state index contributed by atoms with van der Waals surface area (Å²) in [7, 11) is 4.06. The Kier molecular flexibility index (Phi) is 7.42. The Labute approximate surface area is 197 Å². The number of aliphatic hydroxyl groups excluding tert-OH is 2. The van der Waals surface area contributed by atoms with E-state index >= 15 is 0 Å². The van der Waals surface area contributed by atoms with E-state index in [-0.39, 0.29) is 5.82 Å². The largest absolute Gasteiger partial charge is 0.387 e. The van der Waals surface area contributed by atoms with E-state index in [9.17, 15) is 10.2 Å². The molecular formula is C22H30ClN7O3. The lowest BCUT2D eigenvalue weighted by Crippen LogP contribution is -2.41. The molecule has 0 amide bonds. The second-order valence-corrected chi connectivity index (χ2v) is 9.01. The zero-order chi connectivity index (χ0) is 23.5. The summed E-state index contributed by atoms with van der Waals surface area (Å²) in [4.78, 5) is 16.7. The standard InChI is InChI=1S/C22H30ClN7O3/c1-28(8-7-14-3-5-15(23)6-4-14)9-10-29(2)11-16-18(31)19(32)22(33-16)30-13-27-17-20(24)25-12-26-21(17)30/h3-6,12-13,16,18-19,22,31-32H,7-11H2,1-2H3,(H2,24,25,26)/t16-,18-,19-,22-/m1/s1. The molecule has 4 rings (SSSR count). The van der Waals surface area contributed by atoms with E-state index in [0.29, 0.717) is 17.7 Å². The smallest absolute Gasteiger partial charge is 0.167 e. The van der Waals surface area contributed by atoms with Gasteiger partial charge in [-0.25, -0.2) is 15.0 Å². The average Bonchev–Trinajstić information content (AvgIpc) is 3.35. The van der Waals surface area contributed by atoms with Gasteiger partial charge >= 0.3 is 0 Å². The number of hydrogen-bond acceptors (Lipinski definition) is 9. The molecule has 0 saturated carbocycles. The molecule has 178 valence electrons. The molecule has 1 aliphatic heterocycles. The van der Waals surface area contributed by atoms with Gasteiger partial charge in [-0.15, -0.1) is 0 Å². The Morgan fingerprint density at radius 3 is 2.52 bits per heavy atom. The van der Waals surface area contributed by atoms with E-state index in [1.807, 2.05) is 31.3 Å². The molecule has 0 unspecified atom stereocenters. The molecule has 0 spiro atoms. The number of likely N-dealkylation sites (N-methyl/N-ethyl adjacent to an activating group) is 2. The van der Waals surface area contributed by atoms with Crippen LogP contribution in [0.3, 0.4) is 0 Å². The molecular weight excluding hydrogens is 446 g/mol. The predicted molar refractivity (Wildman–Crippen MR) is 126 cm³/mol. The highest BCUT2D eigenvalue weighted by atomic mass is 35.5. The molecule has 0 radical (unpaired) electrons. The fourth-order valence-electron chi connectivity index (χ4n) is 3.99. The van der Waals surface area contributed by atoms with Gasteiger partial charge in [-0.05, 0) is 38.2 Å². The van der Waals surface area contributed by atoms with Crippen LogP contribution in [0.1, 0.15) is 11.8 Å². The number of nitrogen functional groups attached to an aromatic ring is 1. The van der Waals surface area contributed by atoms with Crippen LogP contribution in [0.2, 0.25) is 5.02 Å². The van der Waals surface area contributed by atoms with Gasteiger partial charge in [0, 0.05) is 31.2 Å². The van der Waals surface area contributed by atoms with Gasteiger partial charge < -0.3 is 30.5 Å². The van der Waals surface area contributed by atoms with Gasteiger partial charge in [0.25, 0.3) is 0 Å². The maximum atomic E-state index is 10.6. The SMILES string of the molecule is CN(CCc1ccc(Cl)cc1)CCN(C)C[C@H]1O[C@@H](n2cnc3c(N)ncnc32)[C@H](O)[C@@H]1O. The molecule has 1 saturated heterocycles. The van der Waals surface area contributed by atoms with Crippen LogP contribution in [-0.4, -0.2) is 98.1 Å². The highest BCUT2D eigenvalue weighted by molar-refractivity contribution is 6.30. The van der Waals surface area contributed by atoms with Crippen LogP contribution in [0.5, 0.6) is 0 Å². The Balaban J connectivity index is 1.28. The van der Waals surface area contributed by atoms with E-state index in [4.69, 9.17) is 22.1 Å². The van der Waals surface area contributed by atoms with Crippen LogP contribution in [0, 0.1) is 0 Å². The number of imidazole rings is 1. The van der Waals surface area contributed by atoms with Crippen molar-refractivity contribution in [2.45, 2.75) is 31.0 Å². The third-order valence-electron chi connectivity index (χ3n) is 6.05. The number of ether oxygens (including phenoxy) is 1. The quantitative estimate of drug-likeness (QED) is 0.411. The van der Waals surface area contributed by atoms with Crippen molar-refractivity contribution in [3.05, 3.63) is 47.5 Å². The second-order valence-electron chi connectivity index (χ2n) is 8.57. The highest BCUT2D eigenvalue weighted by Crippen LogP contribution is 2.32. The molecule has 2 aromatic heterocycles. The Bertz CT molecular complexity index is 1060. The first kappa shape index (κ1) is 23.8. The molecule has 3 heterocycles. The topological polar surface area (TPSA) is 126 Å². The van der Waals surface area contributed by atoms with Crippen LogP contribution >= 0.6 is 11.6 Å². The first-order chi connectivity index (χ1) is 15.8. The van der Waals surface area contributed by atoms with Crippen LogP contribution < -0.4 is 5.73 Å². The molecule has 4 N–H and O–H groups in total. The summed E-state index contributed by atoms with van der Waals surface area (Å²) in [6, 6.07) is 7.92. The highest BCUT2D eigenvalue weighted by Gasteiger charge is 2.44. The summed E-state index contributed by atoms with van der Waals surface area (Å²) in [5.74, 6) is 0.253. The van der Waals surface area contributed by atoms with Gasteiger partial charge in [-0.1, -0.05) is 23.7 Å². The van der Waals surface area contributed by atoms with Crippen LogP contribution in [-0.2, 0) is 11.2 Å². The van der Waals surface area contributed by atoms with Crippen molar-refractivity contribution in [1.29, 1.82) is 0 Å². The van der Waals surface area contributed by atoms with E-state index in [0.717, 1.165) is 31.1 Å². The monoisotopic (exact) mass is 475 g/mol.